The molecule has 1 aromatic carbocycles. The largest absolute Gasteiger partial charge is 0.338 e. The average Bonchev–Trinajstić information content (AvgIpc) is 2.38. The van der Waals surface area contributed by atoms with Crippen molar-refractivity contribution >= 4 is 28.5 Å². The average molecular weight is 362 g/mol. The van der Waals surface area contributed by atoms with Crippen LogP contribution in [0.4, 0.5) is 4.39 Å². The molecule has 3 nitrogen and oxygen atoms in total. The first kappa shape index (κ1) is 13.7. The lowest BCUT2D eigenvalue weighted by Gasteiger charge is -2.32. The Morgan fingerprint density at radius 1 is 1.44 bits per heavy atom. The van der Waals surface area contributed by atoms with Crippen LogP contribution in [0.25, 0.3) is 0 Å². The summed E-state index contributed by atoms with van der Waals surface area (Å²) >= 11 is 2.01. The molecule has 1 aliphatic heterocycles. The Bertz CT molecular complexity index is 445. The smallest absolute Gasteiger partial charge is 0.254 e. The molecule has 1 N–H and O–H groups in total. The molecule has 1 heterocycles. The number of halogens is 2. The Labute approximate surface area is 120 Å². The first-order chi connectivity index (χ1) is 8.61. The number of piperidine rings is 1. The van der Waals surface area contributed by atoms with E-state index in [0.29, 0.717) is 15.2 Å². The summed E-state index contributed by atoms with van der Waals surface area (Å²) in [6, 6.07) is 4.81. The first-order valence-electron chi connectivity index (χ1n) is 6.03. The molecule has 2 rings (SSSR count). The molecule has 1 amide bonds. The second kappa shape index (κ2) is 5.97. The van der Waals surface area contributed by atoms with Crippen LogP contribution in [0.2, 0.25) is 0 Å². The summed E-state index contributed by atoms with van der Waals surface area (Å²) in [6.45, 7) is 1.52. The van der Waals surface area contributed by atoms with Gasteiger partial charge in [0.05, 0.1) is 5.56 Å². The number of likely N-dealkylation sites (tertiary alicyclic amines) is 1. The highest BCUT2D eigenvalue weighted by Gasteiger charge is 2.23. The summed E-state index contributed by atoms with van der Waals surface area (Å²) in [5.74, 6) is -0.293. The van der Waals surface area contributed by atoms with Crippen molar-refractivity contribution in [3.8, 4) is 0 Å². The second-order valence-corrected chi connectivity index (χ2v) is 5.64. The van der Waals surface area contributed by atoms with E-state index in [1.165, 1.54) is 12.1 Å². The fraction of sp³-hybridized carbons (Fsp3) is 0.462. The number of amides is 1. The van der Waals surface area contributed by atoms with E-state index < -0.39 is 0 Å². The van der Waals surface area contributed by atoms with Crippen molar-refractivity contribution in [1.29, 1.82) is 0 Å². The number of nitrogens with zero attached hydrogens (tertiary/aromatic N) is 1. The molecule has 1 saturated heterocycles. The monoisotopic (exact) mass is 362 g/mol. The van der Waals surface area contributed by atoms with Gasteiger partial charge in [0.2, 0.25) is 0 Å². The predicted molar refractivity (Wildman–Crippen MR) is 77.1 cm³/mol. The van der Waals surface area contributed by atoms with Crippen molar-refractivity contribution in [2.45, 2.75) is 18.9 Å². The number of nitrogens with one attached hydrogen (secondary N) is 1. The van der Waals surface area contributed by atoms with Crippen LogP contribution in [-0.4, -0.2) is 37.0 Å². The van der Waals surface area contributed by atoms with E-state index in [9.17, 15) is 9.18 Å². The van der Waals surface area contributed by atoms with E-state index in [1.54, 1.807) is 6.07 Å². The fourth-order valence-electron chi connectivity index (χ4n) is 2.20. The normalized spacial score (nSPS) is 16.9. The molecular formula is C13H16FIN2O. The van der Waals surface area contributed by atoms with E-state index in [2.05, 4.69) is 5.32 Å². The molecular weight excluding hydrogens is 346 g/mol. The van der Waals surface area contributed by atoms with Crippen molar-refractivity contribution in [2.75, 3.05) is 20.1 Å². The van der Waals surface area contributed by atoms with Crippen molar-refractivity contribution in [1.82, 2.24) is 10.2 Å². The Hall–Kier alpha value is -0.690. The maximum absolute atomic E-state index is 13.0. The van der Waals surface area contributed by atoms with E-state index in [0.717, 1.165) is 25.9 Å². The summed E-state index contributed by atoms with van der Waals surface area (Å²) in [4.78, 5) is 14.2. The van der Waals surface area contributed by atoms with Gasteiger partial charge in [-0.05, 0) is 60.7 Å². The molecule has 0 aliphatic carbocycles. The van der Waals surface area contributed by atoms with E-state index in [1.807, 2.05) is 34.5 Å². The minimum absolute atomic E-state index is 0.00829. The van der Waals surface area contributed by atoms with Gasteiger partial charge in [0.1, 0.15) is 5.82 Å². The highest BCUT2D eigenvalue weighted by Crippen LogP contribution is 2.19. The van der Waals surface area contributed by atoms with Crippen molar-refractivity contribution in [3.63, 3.8) is 0 Å². The molecule has 0 radical (unpaired) electrons. The molecule has 0 spiro atoms. The SMILES string of the molecule is CNC1CCN(C(=O)c2ccc(F)cc2I)CC1. The van der Waals surface area contributed by atoms with Crippen LogP contribution in [0.5, 0.6) is 0 Å². The number of rotatable bonds is 2. The van der Waals surface area contributed by atoms with E-state index >= 15 is 0 Å². The maximum Gasteiger partial charge on any atom is 0.254 e. The predicted octanol–water partition coefficient (Wildman–Crippen LogP) is 2.25. The van der Waals surface area contributed by atoms with Gasteiger partial charge >= 0.3 is 0 Å². The minimum atomic E-state index is -0.301. The zero-order valence-corrected chi connectivity index (χ0v) is 12.4. The standard InChI is InChI=1S/C13H16FIN2O/c1-16-10-4-6-17(7-5-10)13(18)11-3-2-9(14)8-12(11)15/h2-3,8,10,16H,4-7H2,1H3. The van der Waals surface area contributed by atoms with Gasteiger partial charge in [-0.3, -0.25) is 4.79 Å². The number of carbonyl (C=O) groups is 1. The Morgan fingerprint density at radius 2 is 2.11 bits per heavy atom. The Morgan fingerprint density at radius 3 is 2.67 bits per heavy atom. The summed E-state index contributed by atoms with van der Waals surface area (Å²) in [5.41, 5.74) is 0.597. The van der Waals surface area contributed by atoms with Crippen LogP contribution in [0.15, 0.2) is 18.2 Å². The number of hydrogen-bond acceptors (Lipinski definition) is 2. The molecule has 1 aliphatic rings. The summed E-state index contributed by atoms with van der Waals surface area (Å²) in [7, 11) is 1.95. The first-order valence-corrected chi connectivity index (χ1v) is 7.11. The number of carbonyl (C=O) groups excluding carboxylic acids is 1. The van der Waals surface area contributed by atoms with Crippen molar-refractivity contribution in [2.24, 2.45) is 0 Å². The van der Waals surface area contributed by atoms with Crippen molar-refractivity contribution < 1.29 is 9.18 Å². The fourth-order valence-corrected chi connectivity index (χ4v) is 2.91. The van der Waals surface area contributed by atoms with Gasteiger partial charge in [-0.15, -0.1) is 0 Å². The van der Waals surface area contributed by atoms with Gasteiger partial charge in [-0.25, -0.2) is 4.39 Å². The Kier molecular flexibility index (Phi) is 4.55. The third-order valence-electron chi connectivity index (χ3n) is 3.35. The van der Waals surface area contributed by atoms with Gasteiger partial charge in [0.25, 0.3) is 5.91 Å². The van der Waals surface area contributed by atoms with Crippen LogP contribution >= 0.6 is 22.6 Å². The van der Waals surface area contributed by atoms with Crippen LogP contribution in [0.1, 0.15) is 23.2 Å². The maximum atomic E-state index is 13.0. The van der Waals surface area contributed by atoms with Gasteiger partial charge in [-0.2, -0.15) is 0 Å². The van der Waals surface area contributed by atoms with Gasteiger partial charge in [0, 0.05) is 22.7 Å². The third kappa shape index (κ3) is 3.00. The van der Waals surface area contributed by atoms with Crippen LogP contribution in [-0.2, 0) is 0 Å². The van der Waals surface area contributed by atoms with Crippen LogP contribution in [0.3, 0.4) is 0 Å². The molecule has 1 fully saturated rings. The van der Waals surface area contributed by atoms with Gasteiger partial charge < -0.3 is 10.2 Å². The van der Waals surface area contributed by atoms with Gasteiger partial charge in [-0.1, -0.05) is 0 Å². The highest BCUT2D eigenvalue weighted by atomic mass is 127. The number of benzene rings is 1. The highest BCUT2D eigenvalue weighted by molar-refractivity contribution is 14.1. The third-order valence-corrected chi connectivity index (χ3v) is 4.24. The molecule has 0 unspecified atom stereocenters. The molecule has 0 bridgehead atoms. The summed E-state index contributed by atoms with van der Waals surface area (Å²) in [5, 5.41) is 3.23. The van der Waals surface area contributed by atoms with E-state index in [4.69, 9.17) is 0 Å². The summed E-state index contributed by atoms with van der Waals surface area (Å²) in [6.07, 6.45) is 1.94. The van der Waals surface area contributed by atoms with Crippen LogP contribution < -0.4 is 5.32 Å². The quantitative estimate of drug-likeness (QED) is 0.819. The zero-order chi connectivity index (χ0) is 13.1. The number of hydrogen-bond donors (Lipinski definition) is 1. The lowest BCUT2D eigenvalue weighted by molar-refractivity contribution is 0.0706. The lowest BCUT2D eigenvalue weighted by atomic mass is 10.0. The van der Waals surface area contributed by atoms with E-state index in [-0.39, 0.29) is 11.7 Å². The van der Waals surface area contributed by atoms with Gasteiger partial charge in [0.15, 0.2) is 0 Å². The van der Waals surface area contributed by atoms with Crippen LogP contribution in [0, 0.1) is 9.39 Å². The second-order valence-electron chi connectivity index (χ2n) is 4.48. The zero-order valence-electron chi connectivity index (χ0n) is 10.2. The molecule has 98 valence electrons. The summed E-state index contributed by atoms with van der Waals surface area (Å²) < 4.78 is 13.7. The molecule has 1 aromatic rings. The molecule has 0 saturated carbocycles. The molecule has 0 aromatic heterocycles. The molecule has 0 atom stereocenters. The lowest BCUT2D eigenvalue weighted by Crippen LogP contribution is -2.44. The topological polar surface area (TPSA) is 32.3 Å². The molecule has 18 heavy (non-hydrogen) atoms. The molecule has 5 heteroatoms. The Balaban J connectivity index is 2.08. The minimum Gasteiger partial charge on any atom is -0.338 e. The van der Waals surface area contributed by atoms with Crippen molar-refractivity contribution in [3.05, 3.63) is 33.1 Å².